The number of nitrogens with one attached hydrogen (secondary N) is 2. The molecule has 1 aromatic carbocycles. The van der Waals surface area contributed by atoms with Gasteiger partial charge in [0.25, 0.3) is 5.56 Å². The van der Waals surface area contributed by atoms with E-state index >= 15 is 0 Å². The van der Waals surface area contributed by atoms with Crippen LogP contribution in [0.15, 0.2) is 35.3 Å². The highest BCUT2D eigenvalue weighted by molar-refractivity contribution is 6.32. The summed E-state index contributed by atoms with van der Waals surface area (Å²) in [6, 6.07) is 8.06. The van der Waals surface area contributed by atoms with Gasteiger partial charge >= 0.3 is 0 Å². The lowest BCUT2D eigenvalue weighted by molar-refractivity contribution is 0.134. The fraction of sp³-hybridized carbons (Fsp3) is 0.286. The Balaban J connectivity index is 1.97. The summed E-state index contributed by atoms with van der Waals surface area (Å²) in [7, 11) is 0. The second kappa shape index (κ2) is 7.07. The highest BCUT2D eigenvalue weighted by atomic mass is 35.5. The summed E-state index contributed by atoms with van der Waals surface area (Å²) in [6.07, 6.45) is 1.49. The van der Waals surface area contributed by atoms with E-state index in [4.69, 9.17) is 16.3 Å². The summed E-state index contributed by atoms with van der Waals surface area (Å²) < 4.78 is 5.34. The van der Waals surface area contributed by atoms with Crippen molar-refractivity contribution in [3.05, 3.63) is 57.0 Å². The minimum absolute atomic E-state index is 0.118. The molecule has 0 amide bonds. The summed E-state index contributed by atoms with van der Waals surface area (Å²) in [5.74, 6) is 0. The van der Waals surface area contributed by atoms with Crippen molar-refractivity contribution >= 4 is 17.3 Å². The first-order chi connectivity index (χ1) is 9.70. The molecule has 2 rings (SSSR count). The van der Waals surface area contributed by atoms with Gasteiger partial charge in [0.2, 0.25) is 0 Å². The Labute approximate surface area is 121 Å². The fourth-order valence-electron chi connectivity index (χ4n) is 1.68. The number of rotatable bonds is 6. The van der Waals surface area contributed by atoms with Crippen LogP contribution in [0.1, 0.15) is 18.1 Å². The lowest BCUT2D eigenvalue weighted by atomic mass is 10.1. The summed E-state index contributed by atoms with van der Waals surface area (Å²) in [5.41, 5.74) is 2.34. The lowest BCUT2D eigenvalue weighted by Gasteiger charge is -2.08. The van der Waals surface area contributed by atoms with Crippen molar-refractivity contribution in [1.29, 1.82) is 0 Å². The standard InChI is InChI=1S/C14H16ClN3O2/c1-2-20-9-11-5-3-10(4-6-11)7-16-12-8-17-18-14(19)13(12)15/h3-6,8H,2,7,9H2,1H3,(H2,16,18,19). The van der Waals surface area contributed by atoms with Crippen LogP contribution in [0.4, 0.5) is 5.69 Å². The molecule has 0 radical (unpaired) electrons. The number of H-pyrrole nitrogens is 1. The summed E-state index contributed by atoms with van der Waals surface area (Å²) in [5, 5.41) is 9.18. The third-order valence-corrected chi connectivity index (χ3v) is 3.15. The van der Waals surface area contributed by atoms with Gasteiger partial charge in [-0.25, -0.2) is 5.10 Å². The number of aromatic amines is 1. The first-order valence-electron chi connectivity index (χ1n) is 6.33. The third-order valence-electron chi connectivity index (χ3n) is 2.77. The first kappa shape index (κ1) is 14.6. The molecule has 2 aromatic rings. The molecule has 1 heterocycles. The van der Waals surface area contributed by atoms with Crippen LogP contribution in [-0.4, -0.2) is 16.8 Å². The van der Waals surface area contributed by atoms with Crippen molar-refractivity contribution in [3.63, 3.8) is 0 Å². The van der Waals surface area contributed by atoms with Crippen LogP contribution in [0.3, 0.4) is 0 Å². The molecule has 5 nitrogen and oxygen atoms in total. The smallest absolute Gasteiger partial charge is 0.285 e. The molecule has 0 atom stereocenters. The Kier molecular flexibility index (Phi) is 5.15. The van der Waals surface area contributed by atoms with E-state index in [1.165, 1.54) is 6.20 Å². The average Bonchev–Trinajstić information content (AvgIpc) is 2.48. The molecule has 6 heteroatoms. The molecule has 0 aliphatic heterocycles. The Morgan fingerprint density at radius 2 is 2.00 bits per heavy atom. The number of benzene rings is 1. The van der Waals surface area contributed by atoms with Gasteiger partial charge in [0.15, 0.2) is 0 Å². The van der Waals surface area contributed by atoms with Crippen LogP contribution >= 0.6 is 11.6 Å². The number of aromatic nitrogens is 2. The van der Waals surface area contributed by atoms with Gasteiger partial charge in [0.05, 0.1) is 18.5 Å². The number of anilines is 1. The van der Waals surface area contributed by atoms with Crippen LogP contribution in [0.2, 0.25) is 5.02 Å². The van der Waals surface area contributed by atoms with E-state index in [1.807, 2.05) is 31.2 Å². The molecule has 0 spiro atoms. The quantitative estimate of drug-likeness (QED) is 0.859. The van der Waals surface area contributed by atoms with E-state index in [1.54, 1.807) is 0 Å². The molecule has 0 fully saturated rings. The first-order valence-corrected chi connectivity index (χ1v) is 6.71. The molecule has 0 aliphatic rings. The van der Waals surface area contributed by atoms with E-state index in [-0.39, 0.29) is 5.02 Å². The van der Waals surface area contributed by atoms with E-state index in [2.05, 4.69) is 15.5 Å². The molecule has 1 aromatic heterocycles. The zero-order valence-corrected chi connectivity index (χ0v) is 11.9. The third kappa shape index (κ3) is 3.82. The molecule has 0 saturated heterocycles. The van der Waals surface area contributed by atoms with Crippen LogP contribution in [0.25, 0.3) is 0 Å². The predicted molar refractivity (Wildman–Crippen MR) is 79.0 cm³/mol. The number of halogens is 1. The summed E-state index contributed by atoms with van der Waals surface area (Å²) >= 11 is 5.88. The molecule has 0 bridgehead atoms. The molecular weight excluding hydrogens is 278 g/mol. The second-order valence-corrected chi connectivity index (χ2v) is 4.61. The Morgan fingerprint density at radius 3 is 2.70 bits per heavy atom. The number of hydrogen-bond acceptors (Lipinski definition) is 4. The van der Waals surface area contributed by atoms with Crippen molar-refractivity contribution in [2.24, 2.45) is 0 Å². The normalized spacial score (nSPS) is 10.5. The highest BCUT2D eigenvalue weighted by Crippen LogP contribution is 2.16. The Hall–Kier alpha value is -1.85. The van der Waals surface area contributed by atoms with Crippen molar-refractivity contribution in [2.45, 2.75) is 20.1 Å². The molecule has 20 heavy (non-hydrogen) atoms. The van der Waals surface area contributed by atoms with Gasteiger partial charge in [-0.05, 0) is 18.1 Å². The lowest BCUT2D eigenvalue weighted by Crippen LogP contribution is -2.11. The molecule has 2 N–H and O–H groups in total. The maximum Gasteiger partial charge on any atom is 0.285 e. The largest absolute Gasteiger partial charge is 0.378 e. The minimum Gasteiger partial charge on any atom is -0.378 e. The number of hydrogen-bond donors (Lipinski definition) is 2. The van der Waals surface area contributed by atoms with Crippen LogP contribution in [0, 0.1) is 0 Å². The molecule has 0 aliphatic carbocycles. The van der Waals surface area contributed by atoms with Gasteiger partial charge in [0, 0.05) is 13.2 Å². The molecule has 0 saturated carbocycles. The van der Waals surface area contributed by atoms with Crippen LogP contribution in [0.5, 0.6) is 0 Å². The summed E-state index contributed by atoms with van der Waals surface area (Å²) in [4.78, 5) is 11.3. The van der Waals surface area contributed by atoms with Gasteiger partial charge in [-0.3, -0.25) is 4.79 Å². The maximum atomic E-state index is 11.3. The van der Waals surface area contributed by atoms with E-state index in [0.717, 1.165) is 11.1 Å². The van der Waals surface area contributed by atoms with E-state index < -0.39 is 5.56 Å². The Morgan fingerprint density at radius 1 is 1.30 bits per heavy atom. The van der Waals surface area contributed by atoms with Crippen molar-refractivity contribution < 1.29 is 4.74 Å². The van der Waals surface area contributed by atoms with Gasteiger partial charge in [-0.1, -0.05) is 35.9 Å². The number of nitrogens with zero attached hydrogens (tertiary/aromatic N) is 1. The highest BCUT2D eigenvalue weighted by Gasteiger charge is 2.04. The fourth-order valence-corrected chi connectivity index (χ4v) is 1.84. The van der Waals surface area contributed by atoms with Gasteiger partial charge in [0.1, 0.15) is 5.02 Å². The monoisotopic (exact) mass is 293 g/mol. The zero-order chi connectivity index (χ0) is 14.4. The van der Waals surface area contributed by atoms with Gasteiger partial charge in [-0.15, -0.1) is 0 Å². The van der Waals surface area contributed by atoms with Crippen molar-refractivity contribution in [1.82, 2.24) is 10.2 Å². The summed E-state index contributed by atoms with van der Waals surface area (Å²) in [6.45, 7) is 3.86. The second-order valence-electron chi connectivity index (χ2n) is 4.23. The zero-order valence-electron chi connectivity index (χ0n) is 11.1. The SMILES string of the molecule is CCOCc1ccc(CNc2cn[nH]c(=O)c2Cl)cc1. The van der Waals surface area contributed by atoms with Crippen LogP contribution < -0.4 is 10.9 Å². The molecular formula is C14H16ClN3O2. The van der Waals surface area contributed by atoms with E-state index in [9.17, 15) is 4.79 Å². The van der Waals surface area contributed by atoms with E-state index in [0.29, 0.717) is 25.4 Å². The Bertz CT molecular complexity index is 611. The minimum atomic E-state index is -0.399. The average molecular weight is 294 g/mol. The van der Waals surface area contributed by atoms with Crippen molar-refractivity contribution in [3.8, 4) is 0 Å². The van der Waals surface area contributed by atoms with Gasteiger partial charge < -0.3 is 10.1 Å². The van der Waals surface area contributed by atoms with Gasteiger partial charge in [-0.2, -0.15) is 5.10 Å². The topological polar surface area (TPSA) is 67.0 Å². The van der Waals surface area contributed by atoms with Crippen molar-refractivity contribution in [2.75, 3.05) is 11.9 Å². The molecule has 106 valence electrons. The maximum absolute atomic E-state index is 11.3. The van der Waals surface area contributed by atoms with Crippen LogP contribution in [-0.2, 0) is 17.9 Å². The molecule has 0 unspecified atom stereocenters. The number of ether oxygens (including phenoxy) is 1. The predicted octanol–water partition coefficient (Wildman–Crippen LogP) is 2.57.